The molecule has 0 aliphatic rings. The van der Waals surface area contributed by atoms with Crippen molar-refractivity contribution in [3.8, 4) is 0 Å². The zero-order valence-electron chi connectivity index (χ0n) is 9.59. The number of anilines is 1. The maximum Gasteiger partial charge on any atom is 0.221 e. The topological polar surface area (TPSA) is 41.1 Å². The van der Waals surface area contributed by atoms with Gasteiger partial charge >= 0.3 is 0 Å². The van der Waals surface area contributed by atoms with E-state index in [1.807, 2.05) is 38.1 Å². The van der Waals surface area contributed by atoms with Gasteiger partial charge in [-0.25, -0.2) is 0 Å². The standard InChI is InChI=1S/C12H17ClN2O/c1-9(2)15-12(16)7-8-14-11-5-3-10(13)4-6-11/h3-6,9,14H,7-8H2,1-2H3,(H,15,16). The summed E-state index contributed by atoms with van der Waals surface area (Å²) in [5, 5.41) is 6.71. The van der Waals surface area contributed by atoms with Gasteiger partial charge in [0.1, 0.15) is 0 Å². The molecule has 1 aromatic carbocycles. The van der Waals surface area contributed by atoms with Crippen molar-refractivity contribution in [3.05, 3.63) is 29.3 Å². The van der Waals surface area contributed by atoms with Gasteiger partial charge in [-0.2, -0.15) is 0 Å². The quantitative estimate of drug-likeness (QED) is 0.831. The molecule has 0 fully saturated rings. The number of hydrogen-bond acceptors (Lipinski definition) is 2. The molecule has 4 heteroatoms. The number of benzene rings is 1. The van der Waals surface area contributed by atoms with Crippen LogP contribution in [0.1, 0.15) is 20.3 Å². The minimum Gasteiger partial charge on any atom is -0.385 e. The van der Waals surface area contributed by atoms with Crippen molar-refractivity contribution in [2.75, 3.05) is 11.9 Å². The minimum absolute atomic E-state index is 0.0662. The smallest absolute Gasteiger partial charge is 0.221 e. The van der Waals surface area contributed by atoms with Gasteiger partial charge in [-0.3, -0.25) is 4.79 Å². The summed E-state index contributed by atoms with van der Waals surface area (Å²) >= 11 is 5.76. The number of carbonyl (C=O) groups excluding carboxylic acids is 1. The number of amides is 1. The van der Waals surface area contributed by atoms with Crippen molar-refractivity contribution < 1.29 is 4.79 Å². The van der Waals surface area contributed by atoms with Crippen molar-refractivity contribution >= 4 is 23.2 Å². The predicted octanol–water partition coefficient (Wildman–Crippen LogP) is 2.67. The molecule has 88 valence electrons. The van der Waals surface area contributed by atoms with Crippen LogP contribution in [-0.4, -0.2) is 18.5 Å². The van der Waals surface area contributed by atoms with E-state index in [9.17, 15) is 4.79 Å². The van der Waals surface area contributed by atoms with Crippen LogP contribution in [0.25, 0.3) is 0 Å². The molecule has 0 atom stereocenters. The second kappa shape index (κ2) is 6.38. The van der Waals surface area contributed by atoms with Gasteiger partial charge in [-0.1, -0.05) is 11.6 Å². The molecule has 1 rings (SSSR count). The fraction of sp³-hybridized carbons (Fsp3) is 0.417. The van der Waals surface area contributed by atoms with E-state index in [0.29, 0.717) is 18.0 Å². The first-order valence-electron chi connectivity index (χ1n) is 5.36. The molecule has 0 saturated carbocycles. The van der Waals surface area contributed by atoms with Crippen LogP contribution in [0.2, 0.25) is 5.02 Å². The normalized spacial score (nSPS) is 10.2. The summed E-state index contributed by atoms with van der Waals surface area (Å²) in [6.45, 7) is 4.52. The average molecular weight is 241 g/mol. The lowest BCUT2D eigenvalue weighted by Gasteiger charge is -2.09. The SMILES string of the molecule is CC(C)NC(=O)CCNc1ccc(Cl)cc1. The highest BCUT2D eigenvalue weighted by molar-refractivity contribution is 6.30. The van der Waals surface area contributed by atoms with Crippen molar-refractivity contribution in [2.24, 2.45) is 0 Å². The van der Waals surface area contributed by atoms with Gasteiger partial charge in [-0.15, -0.1) is 0 Å². The van der Waals surface area contributed by atoms with Gasteiger partial charge in [0.05, 0.1) is 0 Å². The molecule has 1 aromatic rings. The molecule has 2 N–H and O–H groups in total. The molecular weight excluding hydrogens is 224 g/mol. The molecule has 0 aliphatic heterocycles. The molecule has 0 saturated heterocycles. The van der Waals surface area contributed by atoms with Crippen molar-refractivity contribution in [3.63, 3.8) is 0 Å². The van der Waals surface area contributed by atoms with E-state index in [1.165, 1.54) is 0 Å². The lowest BCUT2D eigenvalue weighted by molar-refractivity contribution is -0.121. The molecule has 0 aliphatic carbocycles. The van der Waals surface area contributed by atoms with Crippen LogP contribution in [0, 0.1) is 0 Å². The van der Waals surface area contributed by atoms with Crippen molar-refractivity contribution in [1.29, 1.82) is 0 Å². The van der Waals surface area contributed by atoms with Gasteiger partial charge in [0.2, 0.25) is 5.91 Å². The van der Waals surface area contributed by atoms with Gasteiger partial charge in [-0.05, 0) is 38.1 Å². The first kappa shape index (κ1) is 12.8. The highest BCUT2D eigenvalue weighted by atomic mass is 35.5. The van der Waals surface area contributed by atoms with E-state index in [4.69, 9.17) is 11.6 Å². The van der Waals surface area contributed by atoms with Crippen molar-refractivity contribution in [2.45, 2.75) is 26.3 Å². The Bertz CT molecular complexity index is 335. The van der Waals surface area contributed by atoms with Gasteiger partial charge < -0.3 is 10.6 Å². The Morgan fingerprint density at radius 1 is 1.31 bits per heavy atom. The van der Waals surface area contributed by atoms with Gasteiger partial charge in [0.25, 0.3) is 0 Å². The Morgan fingerprint density at radius 2 is 1.94 bits per heavy atom. The monoisotopic (exact) mass is 240 g/mol. The van der Waals surface area contributed by atoms with E-state index in [-0.39, 0.29) is 11.9 Å². The van der Waals surface area contributed by atoms with E-state index in [0.717, 1.165) is 5.69 Å². The predicted molar refractivity (Wildman–Crippen MR) is 67.8 cm³/mol. The molecule has 0 aromatic heterocycles. The Morgan fingerprint density at radius 3 is 2.50 bits per heavy atom. The van der Waals surface area contributed by atoms with Crippen molar-refractivity contribution in [1.82, 2.24) is 5.32 Å². The maximum absolute atomic E-state index is 11.3. The van der Waals surface area contributed by atoms with E-state index >= 15 is 0 Å². The summed E-state index contributed by atoms with van der Waals surface area (Å²) in [6, 6.07) is 7.62. The Hall–Kier alpha value is -1.22. The third kappa shape index (κ3) is 5.03. The molecule has 0 bridgehead atoms. The van der Waals surface area contributed by atoms with Crippen LogP contribution in [0.15, 0.2) is 24.3 Å². The second-order valence-electron chi connectivity index (χ2n) is 3.91. The summed E-state index contributed by atoms with van der Waals surface area (Å²) in [6.07, 6.45) is 0.473. The van der Waals surface area contributed by atoms with Crippen LogP contribution < -0.4 is 10.6 Å². The lowest BCUT2D eigenvalue weighted by atomic mass is 10.3. The Kier molecular flexibility index (Phi) is 5.12. The minimum atomic E-state index is 0.0662. The summed E-state index contributed by atoms with van der Waals surface area (Å²) in [4.78, 5) is 11.3. The number of hydrogen-bond donors (Lipinski definition) is 2. The fourth-order valence-corrected chi connectivity index (χ4v) is 1.41. The largest absolute Gasteiger partial charge is 0.385 e. The molecule has 1 amide bonds. The van der Waals surface area contributed by atoms with Crippen LogP contribution in [0.5, 0.6) is 0 Å². The van der Waals surface area contributed by atoms with E-state index < -0.39 is 0 Å². The number of carbonyl (C=O) groups is 1. The highest BCUT2D eigenvalue weighted by Gasteiger charge is 2.02. The molecule has 0 heterocycles. The zero-order chi connectivity index (χ0) is 12.0. The number of nitrogens with one attached hydrogen (secondary N) is 2. The van der Waals surface area contributed by atoms with Crippen LogP contribution in [-0.2, 0) is 4.79 Å². The summed E-state index contributed by atoms with van der Waals surface area (Å²) in [5.74, 6) is 0.0662. The third-order valence-electron chi connectivity index (χ3n) is 1.98. The molecule has 0 unspecified atom stereocenters. The van der Waals surface area contributed by atoms with E-state index in [2.05, 4.69) is 10.6 Å². The third-order valence-corrected chi connectivity index (χ3v) is 2.23. The Labute approximate surface area is 101 Å². The highest BCUT2D eigenvalue weighted by Crippen LogP contribution is 2.12. The van der Waals surface area contributed by atoms with Crippen LogP contribution >= 0.6 is 11.6 Å². The number of rotatable bonds is 5. The van der Waals surface area contributed by atoms with Gasteiger partial charge in [0.15, 0.2) is 0 Å². The number of halogens is 1. The molecule has 16 heavy (non-hydrogen) atoms. The van der Waals surface area contributed by atoms with E-state index in [1.54, 1.807) is 0 Å². The first-order chi connectivity index (χ1) is 7.58. The lowest BCUT2D eigenvalue weighted by Crippen LogP contribution is -2.31. The van der Waals surface area contributed by atoms with Crippen LogP contribution in [0.4, 0.5) is 5.69 Å². The average Bonchev–Trinajstić information content (AvgIpc) is 2.20. The van der Waals surface area contributed by atoms with Crippen LogP contribution in [0.3, 0.4) is 0 Å². The maximum atomic E-state index is 11.3. The summed E-state index contributed by atoms with van der Waals surface area (Å²) in [7, 11) is 0. The zero-order valence-corrected chi connectivity index (χ0v) is 10.3. The Balaban J connectivity index is 2.25. The summed E-state index contributed by atoms with van der Waals surface area (Å²) in [5.41, 5.74) is 0.974. The molecule has 0 radical (unpaired) electrons. The molecule has 3 nitrogen and oxygen atoms in total. The fourth-order valence-electron chi connectivity index (χ4n) is 1.28. The molecular formula is C12H17ClN2O. The van der Waals surface area contributed by atoms with Gasteiger partial charge in [0, 0.05) is 29.7 Å². The summed E-state index contributed by atoms with van der Waals surface area (Å²) < 4.78 is 0. The first-order valence-corrected chi connectivity index (χ1v) is 5.74. The second-order valence-corrected chi connectivity index (χ2v) is 4.34. The molecule has 0 spiro atoms.